The van der Waals surface area contributed by atoms with Gasteiger partial charge in [0.15, 0.2) is 0 Å². The zero-order chi connectivity index (χ0) is 17.4. The molecule has 1 heterocycles. The van der Waals surface area contributed by atoms with Crippen molar-refractivity contribution >= 4 is 34.0 Å². The number of fused-ring (bicyclic) bond motifs is 3. The maximum atomic E-state index is 3.83. The average Bonchev–Trinajstić information content (AvgIpc) is 3.13. The molecule has 0 radical (unpaired) electrons. The number of benzene rings is 2. The lowest BCUT2D eigenvalue weighted by molar-refractivity contribution is 0.425. The summed E-state index contributed by atoms with van der Waals surface area (Å²) in [6, 6.07) is 16.4. The van der Waals surface area contributed by atoms with Crippen LogP contribution in [-0.4, -0.2) is 13.1 Å². The first-order valence-corrected chi connectivity index (χ1v) is 10.4. The molecule has 2 aromatic carbocycles. The van der Waals surface area contributed by atoms with Crippen molar-refractivity contribution in [2.75, 3.05) is 23.3 Å². The Bertz CT molecular complexity index is 777. The molecule has 3 heteroatoms. The van der Waals surface area contributed by atoms with E-state index in [2.05, 4.69) is 101 Å². The number of hydrogen-bond acceptors (Lipinski definition) is 2. The lowest BCUT2D eigenvalue weighted by atomic mass is 9.77. The summed E-state index contributed by atoms with van der Waals surface area (Å²) >= 11 is 2.42. The van der Waals surface area contributed by atoms with Crippen LogP contribution >= 0.6 is 22.6 Å². The summed E-state index contributed by atoms with van der Waals surface area (Å²) in [5.41, 5.74) is 5.48. The molecule has 0 amide bonds. The van der Waals surface area contributed by atoms with Gasteiger partial charge in [0.05, 0.1) is 6.04 Å². The minimum absolute atomic E-state index is 0.387. The molecular weight excluding hydrogens is 419 g/mol. The third kappa shape index (κ3) is 3.07. The molecule has 0 aromatic heterocycles. The number of rotatable bonds is 4. The van der Waals surface area contributed by atoms with Crippen molar-refractivity contribution < 1.29 is 0 Å². The first-order chi connectivity index (χ1) is 12.2. The van der Waals surface area contributed by atoms with E-state index >= 15 is 0 Å². The number of nitrogens with zero attached hydrogens (tertiary/aromatic N) is 1. The number of hydrogen-bond donors (Lipinski definition) is 1. The van der Waals surface area contributed by atoms with Crippen LogP contribution in [0.25, 0.3) is 0 Å². The van der Waals surface area contributed by atoms with E-state index in [1.165, 1.54) is 26.1 Å². The van der Waals surface area contributed by atoms with Gasteiger partial charge in [0.1, 0.15) is 0 Å². The minimum Gasteiger partial charge on any atom is -0.378 e. The van der Waals surface area contributed by atoms with Crippen molar-refractivity contribution in [3.63, 3.8) is 0 Å². The van der Waals surface area contributed by atoms with E-state index in [0.717, 1.165) is 19.5 Å². The first-order valence-electron chi connectivity index (χ1n) is 9.28. The molecular formula is C22H25IN2. The number of halogens is 1. The summed E-state index contributed by atoms with van der Waals surface area (Å²) in [6.45, 7) is 6.54. The highest BCUT2D eigenvalue weighted by molar-refractivity contribution is 14.1. The summed E-state index contributed by atoms with van der Waals surface area (Å²) in [5, 5.41) is 3.83. The summed E-state index contributed by atoms with van der Waals surface area (Å²) in [7, 11) is 0. The highest BCUT2D eigenvalue weighted by Gasteiger charge is 2.37. The van der Waals surface area contributed by atoms with Crippen molar-refractivity contribution in [2.45, 2.75) is 32.2 Å². The van der Waals surface area contributed by atoms with Crippen molar-refractivity contribution in [2.24, 2.45) is 5.92 Å². The molecule has 0 fully saturated rings. The molecule has 0 bridgehead atoms. The van der Waals surface area contributed by atoms with Gasteiger partial charge in [-0.2, -0.15) is 0 Å². The number of allylic oxidation sites excluding steroid dienone is 2. The van der Waals surface area contributed by atoms with Crippen LogP contribution in [0.3, 0.4) is 0 Å². The van der Waals surface area contributed by atoms with E-state index in [4.69, 9.17) is 0 Å². The second-order valence-electron chi connectivity index (χ2n) is 6.97. The number of nitrogens with one attached hydrogen (secondary N) is 1. The van der Waals surface area contributed by atoms with Gasteiger partial charge in [0.2, 0.25) is 0 Å². The van der Waals surface area contributed by atoms with Crippen LogP contribution in [-0.2, 0) is 0 Å². The van der Waals surface area contributed by atoms with Crippen molar-refractivity contribution in [1.29, 1.82) is 0 Å². The zero-order valence-corrected chi connectivity index (χ0v) is 17.0. The fourth-order valence-corrected chi connectivity index (χ4v) is 4.89. The van der Waals surface area contributed by atoms with Crippen LogP contribution in [0.4, 0.5) is 11.4 Å². The van der Waals surface area contributed by atoms with Gasteiger partial charge in [0, 0.05) is 34.0 Å². The molecule has 25 heavy (non-hydrogen) atoms. The largest absolute Gasteiger partial charge is 0.378 e. The molecule has 1 aliphatic carbocycles. The van der Waals surface area contributed by atoms with E-state index in [1.807, 2.05) is 0 Å². The van der Waals surface area contributed by atoms with Gasteiger partial charge in [-0.05, 0) is 90.2 Å². The highest BCUT2D eigenvalue weighted by atomic mass is 127. The summed E-state index contributed by atoms with van der Waals surface area (Å²) < 4.78 is 1.32. The topological polar surface area (TPSA) is 15.3 Å². The quantitative estimate of drug-likeness (QED) is 0.462. The second kappa shape index (κ2) is 7.02. The Balaban J connectivity index is 1.66. The Kier molecular flexibility index (Phi) is 4.76. The van der Waals surface area contributed by atoms with E-state index in [0.29, 0.717) is 17.9 Å². The van der Waals surface area contributed by atoms with Crippen LogP contribution in [0.1, 0.15) is 43.4 Å². The van der Waals surface area contributed by atoms with Gasteiger partial charge in [-0.15, -0.1) is 0 Å². The molecule has 130 valence electrons. The molecule has 3 unspecified atom stereocenters. The molecule has 0 saturated carbocycles. The molecule has 2 nitrogen and oxygen atoms in total. The van der Waals surface area contributed by atoms with Crippen LogP contribution in [0.15, 0.2) is 54.6 Å². The van der Waals surface area contributed by atoms with Crippen LogP contribution < -0.4 is 10.2 Å². The summed E-state index contributed by atoms with van der Waals surface area (Å²) in [6.07, 6.45) is 5.94. The molecule has 1 N–H and O–H groups in total. The Morgan fingerprint density at radius 3 is 2.56 bits per heavy atom. The monoisotopic (exact) mass is 444 g/mol. The number of anilines is 2. The van der Waals surface area contributed by atoms with Crippen LogP contribution in [0.2, 0.25) is 0 Å². The summed E-state index contributed by atoms with van der Waals surface area (Å²) in [5.74, 6) is 1.16. The molecule has 2 aromatic rings. The lowest BCUT2D eigenvalue weighted by Gasteiger charge is -2.37. The van der Waals surface area contributed by atoms with E-state index < -0.39 is 0 Å². The summed E-state index contributed by atoms with van der Waals surface area (Å²) in [4.78, 5) is 2.40. The van der Waals surface area contributed by atoms with Crippen molar-refractivity contribution in [3.05, 3.63) is 69.3 Å². The van der Waals surface area contributed by atoms with Crippen molar-refractivity contribution in [3.8, 4) is 0 Å². The van der Waals surface area contributed by atoms with Gasteiger partial charge < -0.3 is 10.2 Å². The fourth-order valence-electron chi connectivity index (χ4n) is 4.38. The zero-order valence-electron chi connectivity index (χ0n) is 14.9. The van der Waals surface area contributed by atoms with Crippen LogP contribution in [0, 0.1) is 9.49 Å². The SMILES string of the molecule is CCN(CC)c1ccc(C2Nc3ccc(I)cc3C3C=CCC32)cc1. The Hall–Kier alpha value is -1.49. The lowest BCUT2D eigenvalue weighted by Crippen LogP contribution is -2.29. The highest BCUT2D eigenvalue weighted by Crippen LogP contribution is 2.50. The molecule has 0 saturated heterocycles. The van der Waals surface area contributed by atoms with E-state index in [9.17, 15) is 0 Å². The van der Waals surface area contributed by atoms with Gasteiger partial charge in [-0.3, -0.25) is 0 Å². The minimum atomic E-state index is 0.387. The molecule has 3 atom stereocenters. The normalized spacial score (nSPS) is 23.7. The molecule has 0 spiro atoms. The van der Waals surface area contributed by atoms with Gasteiger partial charge in [-0.1, -0.05) is 24.3 Å². The van der Waals surface area contributed by atoms with Gasteiger partial charge in [0.25, 0.3) is 0 Å². The maximum Gasteiger partial charge on any atom is 0.0553 e. The Morgan fingerprint density at radius 1 is 1.08 bits per heavy atom. The van der Waals surface area contributed by atoms with E-state index in [1.54, 1.807) is 0 Å². The Labute approximate surface area is 164 Å². The second-order valence-corrected chi connectivity index (χ2v) is 8.22. The van der Waals surface area contributed by atoms with E-state index in [-0.39, 0.29) is 0 Å². The fraction of sp³-hybridized carbons (Fsp3) is 0.364. The molecule has 4 rings (SSSR count). The van der Waals surface area contributed by atoms with Gasteiger partial charge >= 0.3 is 0 Å². The Morgan fingerprint density at radius 2 is 1.84 bits per heavy atom. The van der Waals surface area contributed by atoms with Crippen LogP contribution in [0.5, 0.6) is 0 Å². The molecule has 1 aliphatic heterocycles. The predicted octanol–water partition coefficient (Wildman–Crippen LogP) is 5.96. The third-order valence-electron chi connectivity index (χ3n) is 5.71. The smallest absolute Gasteiger partial charge is 0.0553 e. The van der Waals surface area contributed by atoms with Gasteiger partial charge in [-0.25, -0.2) is 0 Å². The molecule has 2 aliphatic rings. The third-order valence-corrected chi connectivity index (χ3v) is 6.38. The standard InChI is InChI=1S/C22H25IN2/c1-3-25(4-2)17-11-8-15(9-12-17)22-19-7-5-6-18(19)20-14-16(23)10-13-21(20)24-22/h5-6,8-14,18-19,22,24H,3-4,7H2,1-2H3. The average molecular weight is 444 g/mol. The first kappa shape index (κ1) is 17.0. The maximum absolute atomic E-state index is 3.83. The predicted molar refractivity (Wildman–Crippen MR) is 116 cm³/mol. The van der Waals surface area contributed by atoms with Crippen molar-refractivity contribution in [1.82, 2.24) is 0 Å².